The summed E-state index contributed by atoms with van der Waals surface area (Å²) in [4.78, 5) is 25.8. The van der Waals surface area contributed by atoms with Crippen molar-refractivity contribution in [3.63, 3.8) is 0 Å². The number of benzene rings is 1. The Balaban J connectivity index is 2.31. The van der Waals surface area contributed by atoms with E-state index in [1.165, 1.54) is 0 Å². The van der Waals surface area contributed by atoms with Gasteiger partial charge in [-0.1, -0.05) is 26.0 Å². The van der Waals surface area contributed by atoms with Crippen LogP contribution < -0.4 is 10.2 Å². The number of nitrogens with zero attached hydrogens (tertiary/aromatic N) is 1. The van der Waals surface area contributed by atoms with E-state index in [1.54, 1.807) is 4.90 Å². The van der Waals surface area contributed by atoms with Crippen LogP contribution in [-0.4, -0.2) is 30.8 Å². The highest BCUT2D eigenvalue weighted by Crippen LogP contribution is 2.34. The summed E-state index contributed by atoms with van der Waals surface area (Å²) in [5, 5.41) is 3.27. The van der Waals surface area contributed by atoms with Crippen LogP contribution in [-0.2, 0) is 4.79 Å². The van der Waals surface area contributed by atoms with Crippen molar-refractivity contribution >= 4 is 17.4 Å². The van der Waals surface area contributed by atoms with Crippen molar-refractivity contribution in [2.75, 3.05) is 18.0 Å². The van der Waals surface area contributed by atoms with Crippen LogP contribution in [0.3, 0.4) is 0 Å². The molecule has 0 fully saturated rings. The minimum Gasteiger partial charge on any atom is -0.313 e. The average molecular weight is 260 g/mol. The molecule has 0 saturated heterocycles. The number of hydrogen-bond acceptors (Lipinski definition) is 3. The van der Waals surface area contributed by atoms with Crippen molar-refractivity contribution in [3.8, 4) is 0 Å². The fraction of sp³-hybridized carbons (Fsp3) is 0.467. The van der Waals surface area contributed by atoms with E-state index in [2.05, 4.69) is 19.2 Å². The van der Waals surface area contributed by atoms with Crippen LogP contribution in [0.4, 0.5) is 5.69 Å². The van der Waals surface area contributed by atoms with E-state index >= 15 is 0 Å². The molecular weight excluding hydrogens is 240 g/mol. The summed E-state index contributed by atoms with van der Waals surface area (Å²) >= 11 is 0. The van der Waals surface area contributed by atoms with Crippen LogP contribution in [0, 0.1) is 13.8 Å². The molecule has 1 N–H and O–H groups in total. The molecule has 0 bridgehead atoms. The number of carbonyl (C=O) groups is 2. The number of nitrogens with one attached hydrogen (secondary N) is 1. The third-order valence-corrected chi connectivity index (χ3v) is 3.41. The van der Waals surface area contributed by atoms with Gasteiger partial charge in [0.05, 0.1) is 11.3 Å². The van der Waals surface area contributed by atoms with Gasteiger partial charge in [0.25, 0.3) is 11.7 Å². The van der Waals surface area contributed by atoms with Crippen LogP contribution in [0.25, 0.3) is 0 Å². The molecule has 0 radical (unpaired) electrons. The Hall–Kier alpha value is -1.68. The molecule has 2 rings (SSSR count). The maximum absolute atomic E-state index is 12.1. The number of Topliss-reactive ketones (excluding diaryl/α,β-unsaturated/α-hetero) is 1. The van der Waals surface area contributed by atoms with Gasteiger partial charge in [-0.15, -0.1) is 0 Å². The molecule has 1 heterocycles. The first-order valence-electron chi connectivity index (χ1n) is 6.63. The molecule has 102 valence electrons. The lowest BCUT2D eigenvalue weighted by atomic mass is 10.0. The van der Waals surface area contributed by atoms with Gasteiger partial charge in [0.1, 0.15) is 0 Å². The smallest absolute Gasteiger partial charge is 0.299 e. The fourth-order valence-electron chi connectivity index (χ4n) is 2.44. The first-order chi connectivity index (χ1) is 8.93. The number of ketones is 1. The van der Waals surface area contributed by atoms with Crippen molar-refractivity contribution in [3.05, 3.63) is 28.8 Å². The van der Waals surface area contributed by atoms with Crippen LogP contribution >= 0.6 is 0 Å². The van der Waals surface area contributed by atoms with E-state index < -0.39 is 5.91 Å². The lowest BCUT2D eigenvalue weighted by molar-refractivity contribution is -0.114. The lowest BCUT2D eigenvalue weighted by Gasteiger charge is -2.20. The van der Waals surface area contributed by atoms with Gasteiger partial charge in [-0.2, -0.15) is 0 Å². The number of rotatable bonds is 4. The summed E-state index contributed by atoms with van der Waals surface area (Å²) in [6.07, 6.45) is 0. The lowest BCUT2D eigenvalue weighted by Crippen LogP contribution is -2.38. The Morgan fingerprint density at radius 3 is 2.42 bits per heavy atom. The zero-order chi connectivity index (χ0) is 14.2. The second-order valence-electron chi connectivity index (χ2n) is 5.32. The second kappa shape index (κ2) is 5.13. The third-order valence-electron chi connectivity index (χ3n) is 3.41. The van der Waals surface area contributed by atoms with Gasteiger partial charge in [-0.3, -0.25) is 9.59 Å². The van der Waals surface area contributed by atoms with Crippen LogP contribution in [0.2, 0.25) is 0 Å². The number of amides is 1. The number of aryl methyl sites for hydroxylation is 2. The Morgan fingerprint density at radius 1 is 1.16 bits per heavy atom. The molecule has 1 aromatic carbocycles. The highest BCUT2D eigenvalue weighted by atomic mass is 16.2. The van der Waals surface area contributed by atoms with E-state index in [0.717, 1.165) is 16.8 Å². The molecule has 1 aliphatic rings. The van der Waals surface area contributed by atoms with Crippen molar-refractivity contribution in [2.45, 2.75) is 33.7 Å². The Bertz CT molecular complexity index is 535. The van der Waals surface area contributed by atoms with E-state index in [4.69, 9.17) is 0 Å². The maximum atomic E-state index is 12.1. The van der Waals surface area contributed by atoms with Crippen molar-refractivity contribution < 1.29 is 9.59 Å². The zero-order valence-electron chi connectivity index (χ0n) is 11.9. The van der Waals surface area contributed by atoms with E-state index in [1.807, 2.05) is 26.0 Å². The average Bonchev–Trinajstić information content (AvgIpc) is 2.59. The summed E-state index contributed by atoms with van der Waals surface area (Å²) in [5.41, 5.74) is 3.22. The van der Waals surface area contributed by atoms with Crippen LogP contribution in [0.1, 0.15) is 35.3 Å². The molecule has 0 unspecified atom stereocenters. The third kappa shape index (κ3) is 2.40. The number of hydrogen-bond donors (Lipinski definition) is 1. The molecule has 0 saturated carbocycles. The summed E-state index contributed by atoms with van der Waals surface area (Å²) in [6.45, 7) is 9.14. The maximum Gasteiger partial charge on any atom is 0.299 e. The molecule has 4 heteroatoms. The Kier molecular flexibility index (Phi) is 3.71. The second-order valence-corrected chi connectivity index (χ2v) is 5.32. The Labute approximate surface area is 113 Å². The van der Waals surface area contributed by atoms with E-state index in [0.29, 0.717) is 24.7 Å². The standard InChI is InChI=1S/C15H20N2O2/c1-9(2)16-7-8-17-13-11(4)6-5-10(3)12(13)14(18)15(17)19/h5-6,9,16H,7-8H2,1-4H3. The molecule has 1 aromatic rings. The number of fused-ring (bicyclic) bond motifs is 1. The van der Waals surface area contributed by atoms with Gasteiger partial charge in [-0.25, -0.2) is 0 Å². The molecule has 1 amide bonds. The molecular formula is C15H20N2O2. The molecule has 19 heavy (non-hydrogen) atoms. The molecule has 1 aliphatic heterocycles. The topological polar surface area (TPSA) is 49.4 Å². The van der Waals surface area contributed by atoms with Gasteiger partial charge in [0.2, 0.25) is 0 Å². The summed E-state index contributed by atoms with van der Waals surface area (Å²) < 4.78 is 0. The SMILES string of the molecule is Cc1ccc(C)c2c1C(=O)C(=O)N2CCNC(C)C. The predicted molar refractivity (Wildman–Crippen MR) is 75.7 cm³/mol. The summed E-state index contributed by atoms with van der Waals surface area (Å²) in [5.74, 6) is -0.779. The zero-order valence-corrected chi connectivity index (χ0v) is 11.9. The van der Waals surface area contributed by atoms with E-state index in [9.17, 15) is 9.59 Å². The molecule has 0 aromatic heterocycles. The summed E-state index contributed by atoms with van der Waals surface area (Å²) in [7, 11) is 0. The van der Waals surface area contributed by atoms with Gasteiger partial charge in [0.15, 0.2) is 0 Å². The summed E-state index contributed by atoms with van der Waals surface area (Å²) in [6, 6.07) is 4.23. The van der Waals surface area contributed by atoms with Gasteiger partial charge < -0.3 is 10.2 Å². The monoisotopic (exact) mass is 260 g/mol. The van der Waals surface area contributed by atoms with Gasteiger partial charge in [-0.05, 0) is 25.0 Å². The highest BCUT2D eigenvalue weighted by Gasteiger charge is 2.37. The van der Waals surface area contributed by atoms with Crippen LogP contribution in [0.15, 0.2) is 12.1 Å². The molecule has 0 spiro atoms. The van der Waals surface area contributed by atoms with Gasteiger partial charge >= 0.3 is 0 Å². The van der Waals surface area contributed by atoms with Crippen molar-refractivity contribution in [1.29, 1.82) is 0 Å². The Morgan fingerprint density at radius 2 is 1.79 bits per heavy atom. The minimum atomic E-state index is -0.405. The largest absolute Gasteiger partial charge is 0.313 e. The predicted octanol–water partition coefficient (Wildman–Crippen LogP) is 1.83. The number of anilines is 1. The minimum absolute atomic E-state index is 0.367. The van der Waals surface area contributed by atoms with Crippen molar-refractivity contribution in [1.82, 2.24) is 5.32 Å². The molecule has 0 aliphatic carbocycles. The van der Waals surface area contributed by atoms with Crippen molar-refractivity contribution in [2.24, 2.45) is 0 Å². The molecule has 4 nitrogen and oxygen atoms in total. The quantitative estimate of drug-likeness (QED) is 0.840. The first-order valence-corrected chi connectivity index (χ1v) is 6.63. The first kappa shape index (κ1) is 13.7. The van der Waals surface area contributed by atoms with E-state index in [-0.39, 0.29) is 5.78 Å². The normalized spacial score (nSPS) is 14.5. The van der Waals surface area contributed by atoms with Gasteiger partial charge in [0, 0.05) is 19.1 Å². The fourth-order valence-corrected chi connectivity index (χ4v) is 2.44. The van der Waals surface area contributed by atoms with Crippen LogP contribution in [0.5, 0.6) is 0 Å². The number of carbonyl (C=O) groups excluding carboxylic acids is 2. The molecule has 0 atom stereocenters. The highest BCUT2D eigenvalue weighted by molar-refractivity contribution is 6.52.